The van der Waals surface area contributed by atoms with Crippen molar-refractivity contribution in [3.05, 3.63) is 28.8 Å². The highest BCUT2D eigenvalue weighted by atomic mass is 19.3. The minimum absolute atomic E-state index is 0.131. The smallest absolute Gasteiger partial charge is 0.387 e. The van der Waals surface area contributed by atoms with E-state index in [4.69, 9.17) is 0 Å². The third-order valence-corrected chi connectivity index (χ3v) is 2.94. The van der Waals surface area contributed by atoms with E-state index >= 15 is 0 Å². The Labute approximate surface area is 123 Å². The van der Waals surface area contributed by atoms with Crippen LogP contribution in [-0.2, 0) is 0 Å². The van der Waals surface area contributed by atoms with Crippen molar-refractivity contribution >= 4 is 5.91 Å². The third kappa shape index (κ3) is 5.67. The number of benzene rings is 1. The predicted molar refractivity (Wildman–Crippen MR) is 78.0 cm³/mol. The van der Waals surface area contributed by atoms with Gasteiger partial charge in [-0.25, -0.2) is 0 Å². The van der Waals surface area contributed by atoms with Gasteiger partial charge in [-0.05, 0) is 50.1 Å². The number of nitrogens with one attached hydrogen (secondary N) is 2. The zero-order valence-electron chi connectivity index (χ0n) is 12.6. The van der Waals surface area contributed by atoms with E-state index in [0.717, 1.165) is 13.0 Å². The Kier molecular flexibility index (Phi) is 7.08. The Morgan fingerprint density at radius 3 is 2.33 bits per heavy atom. The fourth-order valence-corrected chi connectivity index (χ4v) is 2.02. The van der Waals surface area contributed by atoms with E-state index in [0.29, 0.717) is 29.8 Å². The average molecular weight is 300 g/mol. The van der Waals surface area contributed by atoms with Gasteiger partial charge in [0.15, 0.2) is 0 Å². The number of rotatable bonds is 8. The van der Waals surface area contributed by atoms with Crippen molar-refractivity contribution < 1.29 is 18.3 Å². The molecule has 4 nitrogen and oxygen atoms in total. The number of aryl methyl sites for hydroxylation is 2. The molecule has 2 N–H and O–H groups in total. The molecule has 0 aliphatic heterocycles. The molecule has 0 saturated carbocycles. The summed E-state index contributed by atoms with van der Waals surface area (Å²) >= 11 is 0. The van der Waals surface area contributed by atoms with E-state index in [1.807, 2.05) is 0 Å². The molecule has 0 radical (unpaired) electrons. The SMILES string of the molecule is CCCNCCNC(=O)c1cc(C)c(OC(F)F)c(C)c1. The summed E-state index contributed by atoms with van der Waals surface area (Å²) in [6.45, 7) is 4.62. The van der Waals surface area contributed by atoms with Crippen molar-refractivity contribution in [3.8, 4) is 5.75 Å². The van der Waals surface area contributed by atoms with Gasteiger partial charge in [-0.15, -0.1) is 0 Å². The maximum absolute atomic E-state index is 12.3. The molecule has 1 aromatic rings. The largest absolute Gasteiger partial charge is 0.434 e. The van der Waals surface area contributed by atoms with E-state index in [9.17, 15) is 13.6 Å². The van der Waals surface area contributed by atoms with Gasteiger partial charge in [-0.2, -0.15) is 8.78 Å². The summed E-state index contributed by atoms with van der Waals surface area (Å²) in [7, 11) is 0. The number of halogens is 2. The van der Waals surface area contributed by atoms with E-state index in [2.05, 4.69) is 22.3 Å². The molecule has 1 rings (SSSR count). The number of carbonyl (C=O) groups excluding carboxylic acids is 1. The number of amides is 1. The molecule has 0 atom stereocenters. The standard InChI is InChI=1S/C15H22F2N2O2/c1-4-5-18-6-7-19-14(20)12-8-10(2)13(11(3)9-12)21-15(16)17/h8-9,15,18H,4-7H2,1-3H3,(H,19,20). The zero-order valence-corrected chi connectivity index (χ0v) is 12.6. The number of hydrogen-bond donors (Lipinski definition) is 2. The predicted octanol–water partition coefficient (Wildman–Crippen LogP) is 2.63. The van der Waals surface area contributed by atoms with Crippen LogP contribution in [0.2, 0.25) is 0 Å². The quantitative estimate of drug-likeness (QED) is 0.726. The van der Waals surface area contributed by atoms with Crippen LogP contribution < -0.4 is 15.4 Å². The summed E-state index contributed by atoms with van der Waals surface area (Å²) in [5, 5.41) is 5.96. The van der Waals surface area contributed by atoms with Gasteiger partial charge in [-0.1, -0.05) is 6.92 Å². The second-order valence-electron chi connectivity index (χ2n) is 4.82. The van der Waals surface area contributed by atoms with Gasteiger partial charge < -0.3 is 15.4 Å². The van der Waals surface area contributed by atoms with Crippen molar-refractivity contribution in [1.82, 2.24) is 10.6 Å². The number of alkyl halides is 2. The molecular formula is C15H22F2N2O2. The lowest BCUT2D eigenvalue weighted by molar-refractivity contribution is -0.0507. The van der Waals surface area contributed by atoms with Crippen molar-refractivity contribution in [1.29, 1.82) is 0 Å². The van der Waals surface area contributed by atoms with E-state index < -0.39 is 6.61 Å². The summed E-state index contributed by atoms with van der Waals surface area (Å²) in [4.78, 5) is 12.0. The topological polar surface area (TPSA) is 50.4 Å². The molecule has 0 bridgehead atoms. The molecule has 0 aromatic heterocycles. The second-order valence-corrected chi connectivity index (χ2v) is 4.82. The number of hydrogen-bond acceptors (Lipinski definition) is 3. The number of ether oxygens (including phenoxy) is 1. The highest BCUT2D eigenvalue weighted by Gasteiger charge is 2.14. The summed E-state index contributed by atoms with van der Waals surface area (Å²) in [5.74, 6) is -0.0887. The average Bonchev–Trinajstić information content (AvgIpc) is 2.42. The van der Waals surface area contributed by atoms with Crippen molar-refractivity contribution in [2.24, 2.45) is 0 Å². The van der Waals surface area contributed by atoms with Crippen LogP contribution in [0.15, 0.2) is 12.1 Å². The van der Waals surface area contributed by atoms with Gasteiger partial charge in [0.1, 0.15) is 5.75 Å². The normalized spacial score (nSPS) is 10.8. The maximum atomic E-state index is 12.3. The van der Waals surface area contributed by atoms with Crippen LogP contribution in [0.3, 0.4) is 0 Å². The first-order valence-corrected chi connectivity index (χ1v) is 7.00. The van der Waals surface area contributed by atoms with Gasteiger partial charge in [0.2, 0.25) is 0 Å². The molecule has 0 spiro atoms. The minimum atomic E-state index is -2.87. The summed E-state index contributed by atoms with van der Waals surface area (Å²) in [6.07, 6.45) is 1.04. The third-order valence-electron chi connectivity index (χ3n) is 2.94. The van der Waals surface area contributed by atoms with E-state index in [-0.39, 0.29) is 11.7 Å². The van der Waals surface area contributed by atoms with Gasteiger partial charge in [0.25, 0.3) is 5.91 Å². The first-order valence-electron chi connectivity index (χ1n) is 7.00. The van der Waals surface area contributed by atoms with Crippen LogP contribution in [-0.4, -0.2) is 32.2 Å². The van der Waals surface area contributed by atoms with Crippen molar-refractivity contribution in [2.75, 3.05) is 19.6 Å². The van der Waals surface area contributed by atoms with Crippen LogP contribution in [0.4, 0.5) is 8.78 Å². The first-order chi connectivity index (χ1) is 9.95. The Balaban J connectivity index is 2.65. The van der Waals surface area contributed by atoms with Gasteiger partial charge in [0, 0.05) is 18.7 Å². The molecule has 0 aliphatic rings. The van der Waals surface area contributed by atoms with Gasteiger partial charge in [-0.3, -0.25) is 4.79 Å². The summed E-state index contributed by atoms with van der Waals surface area (Å²) in [5.41, 5.74) is 1.48. The molecular weight excluding hydrogens is 278 g/mol. The molecule has 0 unspecified atom stereocenters. The highest BCUT2D eigenvalue weighted by molar-refractivity contribution is 5.94. The molecule has 118 valence electrons. The maximum Gasteiger partial charge on any atom is 0.387 e. The molecule has 21 heavy (non-hydrogen) atoms. The Morgan fingerprint density at radius 2 is 1.81 bits per heavy atom. The number of carbonyl (C=O) groups is 1. The molecule has 1 amide bonds. The monoisotopic (exact) mass is 300 g/mol. The van der Waals surface area contributed by atoms with Crippen LogP contribution in [0.1, 0.15) is 34.8 Å². The highest BCUT2D eigenvalue weighted by Crippen LogP contribution is 2.26. The minimum Gasteiger partial charge on any atom is -0.434 e. The van der Waals surface area contributed by atoms with Crippen LogP contribution in [0, 0.1) is 13.8 Å². The lowest BCUT2D eigenvalue weighted by Crippen LogP contribution is -2.32. The lowest BCUT2D eigenvalue weighted by Gasteiger charge is -2.13. The molecule has 0 fully saturated rings. The molecule has 0 aliphatic carbocycles. The zero-order chi connectivity index (χ0) is 15.8. The Morgan fingerprint density at radius 1 is 1.19 bits per heavy atom. The summed E-state index contributed by atoms with van der Waals surface area (Å²) in [6, 6.07) is 3.11. The van der Waals surface area contributed by atoms with Gasteiger partial charge >= 0.3 is 6.61 Å². The Bertz CT molecular complexity index is 456. The second kappa shape index (κ2) is 8.56. The molecule has 1 aromatic carbocycles. The van der Waals surface area contributed by atoms with Crippen LogP contribution in [0.5, 0.6) is 5.75 Å². The first kappa shape index (κ1) is 17.4. The van der Waals surface area contributed by atoms with Crippen molar-refractivity contribution in [3.63, 3.8) is 0 Å². The van der Waals surface area contributed by atoms with E-state index in [1.54, 1.807) is 26.0 Å². The van der Waals surface area contributed by atoms with Crippen LogP contribution in [0.25, 0.3) is 0 Å². The molecule has 0 heterocycles. The fourth-order valence-electron chi connectivity index (χ4n) is 2.02. The van der Waals surface area contributed by atoms with Crippen molar-refractivity contribution in [2.45, 2.75) is 33.8 Å². The van der Waals surface area contributed by atoms with Crippen LogP contribution >= 0.6 is 0 Å². The fraction of sp³-hybridized carbons (Fsp3) is 0.533. The van der Waals surface area contributed by atoms with E-state index in [1.165, 1.54) is 0 Å². The summed E-state index contributed by atoms with van der Waals surface area (Å²) < 4.78 is 29.1. The lowest BCUT2D eigenvalue weighted by atomic mass is 10.1. The Hall–Kier alpha value is -1.69. The molecule has 6 heteroatoms. The van der Waals surface area contributed by atoms with Gasteiger partial charge in [0.05, 0.1) is 0 Å². The molecule has 0 saturated heterocycles.